The van der Waals surface area contributed by atoms with E-state index in [1.54, 1.807) is 42.8 Å². The van der Waals surface area contributed by atoms with Crippen LogP contribution in [0.4, 0.5) is 4.79 Å². The van der Waals surface area contributed by atoms with Crippen molar-refractivity contribution in [2.45, 2.75) is 46.8 Å². The van der Waals surface area contributed by atoms with Gasteiger partial charge in [0.05, 0.1) is 0 Å². The van der Waals surface area contributed by atoms with Gasteiger partial charge < -0.3 is 10.1 Å². The van der Waals surface area contributed by atoms with E-state index in [0.717, 1.165) is 11.4 Å². The molecule has 0 aliphatic carbocycles. The smallest absolute Gasteiger partial charge is 0.321 e. The summed E-state index contributed by atoms with van der Waals surface area (Å²) < 4.78 is 7.24. The number of aromatic nitrogens is 1. The highest BCUT2D eigenvalue weighted by molar-refractivity contribution is 6.00. The summed E-state index contributed by atoms with van der Waals surface area (Å²) in [6, 6.07) is 9.59. The van der Waals surface area contributed by atoms with Crippen LogP contribution in [0, 0.1) is 13.8 Å². The molecule has 0 saturated heterocycles. The SMILES string of the molecule is Cc1ccc(C)n1NC(=O)c1ccc(O[C@H](C)C(=O)NC(=O)NC(C)C)cc1. The molecule has 28 heavy (non-hydrogen) atoms. The predicted molar refractivity (Wildman–Crippen MR) is 106 cm³/mol. The van der Waals surface area contributed by atoms with Crippen LogP contribution < -0.4 is 20.8 Å². The number of urea groups is 1. The Hall–Kier alpha value is -3.29. The highest BCUT2D eigenvalue weighted by atomic mass is 16.5. The number of nitrogens with zero attached hydrogens (tertiary/aromatic N) is 1. The quantitative estimate of drug-likeness (QED) is 0.710. The van der Waals surface area contributed by atoms with E-state index in [9.17, 15) is 14.4 Å². The first-order valence-electron chi connectivity index (χ1n) is 9.01. The zero-order valence-electron chi connectivity index (χ0n) is 16.7. The predicted octanol–water partition coefficient (Wildman–Crippen LogP) is 2.49. The third-order valence-electron chi connectivity index (χ3n) is 3.94. The van der Waals surface area contributed by atoms with Crippen LogP contribution in [0.25, 0.3) is 0 Å². The highest BCUT2D eigenvalue weighted by Gasteiger charge is 2.18. The summed E-state index contributed by atoms with van der Waals surface area (Å²) in [6.07, 6.45) is -0.872. The molecule has 0 aliphatic heterocycles. The number of aryl methyl sites for hydroxylation is 2. The molecule has 1 atom stereocenters. The number of rotatable bonds is 6. The van der Waals surface area contributed by atoms with Crippen LogP contribution in [0.2, 0.25) is 0 Å². The molecule has 2 rings (SSSR count). The number of benzene rings is 1. The molecule has 3 N–H and O–H groups in total. The first-order chi connectivity index (χ1) is 13.2. The van der Waals surface area contributed by atoms with Crippen molar-refractivity contribution in [3.63, 3.8) is 0 Å². The van der Waals surface area contributed by atoms with Crippen molar-refractivity contribution < 1.29 is 19.1 Å². The number of ether oxygens (including phenoxy) is 1. The maximum absolute atomic E-state index is 12.4. The zero-order valence-corrected chi connectivity index (χ0v) is 16.7. The molecule has 1 aromatic carbocycles. The second-order valence-corrected chi connectivity index (χ2v) is 6.79. The van der Waals surface area contributed by atoms with Crippen molar-refractivity contribution in [1.29, 1.82) is 0 Å². The number of hydrogen-bond donors (Lipinski definition) is 3. The molecule has 8 nitrogen and oxygen atoms in total. The Morgan fingerprint density at radius 1 is 0.929 bits per heavy atom. The summed E-state index contributed by atoms with van der Waals surface area (Å²) in [5.41, 5.74) is 5.12. The van der Waals surface area contributed by atoms with Gasteiger partial charge in [-0.1, -0.05) is 0 Å². The normalized spacial score (nSPS) is 11.6. The summed E-state index contributed by atoms with van der Waals surface area (Å²) in [5, 5.41) is 4.78. The first kappa shape index (κ1) is 21.0. The zero-order chi connectivity index (χ0) is 20.8. The van der Waals surface area contributed by atoms with Crippen molar-refractivity contribution in [2.24, 2.45) is 0 Å². The minimum absolute atomic E-state index is 0.0816. The van der Waals surface area contributed by atoms with Gasteiger partial charge in [0.25, 0.3) is 11.8 Å². The van der Waals surface area contributed by atoms with Crippen LogP contribution in [0.15, 0.2) is 36.4 Å². The molecule has 0 saturated carbocycles. The Kier molecular flexibility index (Phi) is 6.81. The van der Waals surface area contributed by atoms with Crippen molar-refractivity contribution in [3.8, 4) is 5.75 Å². The fourth-order valence-corrected chi connectivity index (χ4v) is 2.47. The minimum atomic E-state index is -0.872. The van der Waals surface area contributed by atoms with E-state index in [4.69, 9.17) is 4.74 Å². The number of carbonyl (C=O) groups excluding carboxylic acids is 3. The summed E-state index contributed by atoms with van der Waals surface area (Å²) in [6.45, 7) is 8.92. The van der Waals surface area contributed by atoms with Gasteiger partial charge in [-0.15, -0.1) is 0 Å². The molecule has 0 fully saturated rings. The van der Waals surface area contributed by atoms with Gasteiger partial charge in [-0.25, -0.2) is 4.79 Å². The number of imide groups is 1. The maximum atomic E-state index is 12.4. The molecule has 4 amide bonds. The molecule has 0 bridgehead atoms. The van der Waals surface area contributed by atoms with Crippen LogP contribution in [0.1, 0.15) is 42.5 Å². The van der Waals surface area contributed by atoms with Gasteiger partial charge in [-0.3, -0.25) is 25.0 Å². The van der Waals surface area contributed by atoms with Crippen molar-refractivity contribution in [2.75, 3.05) is 5.43 Å². The highest BCUT2D eigenvalue weighted by Crippen LogP contribution is 2.15. The summed E-state index contributed by atoms with van der Waals surface area (Å²) in [4.78, 5) is 36.0. The van der Waals surface area contributed by atoms with Gasteiger partial charge >= 0.3 is 6.03 Å². The molecule has 0 aliphatic rings. The van der Waals surface area contributed by atoms with Crippen LogP contribution in [0.3, 0.4) is 0 Å². The summed E-state index contributed by atoms with van der Waals surface area (Å²) >= 11 is 0. The monoisotopic (exact) mass is 386 g/mol. The minimum Gasteiger partial charge on any atom is -0.481 e. The Bertz CT molecular complexity index is 836. The molecule has 8 heteroatoms. The second-order valence-electron chi connectivity index (χ2n) is 6.79. The van der Waals surface area contributed by atoms with E-state index in [-0.39, 0.29) is 11.9 Å². The third-order valence-corrected chi connectivity index (χ3v) is 3.94. The lowest BCUT2D eigenvalue weighted by Gasteiger charge is -2.16. The van der Waals surface area contributed by atoms with Crippen LogP contribution in [0.5, 0.6) is 5.75 Å². The second kappa shape index (κ2) is 9.07. The van der Waals surface area contributed by atoms with Gasteiger partial charge in [-0.05, 0) is 71.0 Å². The molecule has 150 valence electrons. The van der Waals surface area contributed by atoms with Gasteiger partial charge in [0, 0.05) is 23.0 Å². The van der Waals surface area contributed by atoms with E-state index < -0.39 is 18.0 Å². The standard InChI is InChI=1S/C20H26N4O4/c1-12(2)21-20(27)22-18(25)15(5)28-17-10-8-16(9-11-17)19(26)23-24-13(3)6-7-14(24)4/h6-12,15H,1-5H3,(H,23,26)(H2,21,22,25,27)/t15-/m1/s1. The molecule has 1 aromatic heterocycles. The Balaban J connectivity index is 1.94. The summed E-state index contributed by atoms with van der Waals surface area (Å²) in [7, 11) is 0. The molecule has 0 unspecified atom stereocenters. The topological polar surface area (TPSA) is 101 Å². The average molecular weight is 386 g/mol. The molecule has 0 radical (unpaired) electrons. The Morgan fingerprint density at radius 2 is 1.50 bits per heavy atom. The van der Waals surface area contributed by atoms with E-state index in [0.29, 0.717) is 11.3 Å². The molecular weight excluding hydrogens is 360 g/mol. The fourth-order valence-electron chi connectivity index (χ4n) is 2.47. The molecule has 0 spiro atoms. The molecular formula is C20H26N4O4. The average Bonchev–Trinajstić information content (AvgIpc) is 2.93. The number of nitrogens with one attached hydrogen (secondary N) is 3. The Morgan fingerprint density at radius 3 is 2.04 bits per heavy atom. The van der Waals surface area contributed by atoms with E-state index in [1.165, 1.54) is 6.92 Å². The van der Waals surface area contributed by atoms with Crippen LogP contribution in [-0.2, 0) is 4.79 Å². The molecule has 1 heterocycles. The van der Waals surface area contributed by atoms with Crippen molar-refractivity contribution in [1.82, 2.24) is 15.3 Å². The first-order valence-corrected chi connectivity index (χ1v) is 9.01. The van der Waals surface area contributed by atoms with E-state index in [2.05, 4.69) is 16.1 Å². The number of amides is 4. The van der Waals surface area contributed by atoms with Gasteiger partial charge in [0.2, 0.25) is 0 Å². The van der Waals surface area contributed by atoms with Gasteiger partial charge in [0.15, 0.2) is 6.10 Å². The van der Waals surface area contributed by atoms with Crippen molar-refractivity contribution >= 4 is 17.8 Å². The summed E-state index contributed by atoms with van der Waals surface area (Å²) in [5.74, 6) is -0.402. The van der Waals surface area contributed by atoms with Gasteiger partial charge in [-0.2, -0.15) is 0 Å². The van der Waals surface area contributed by atoms with E-state index >= 15 is 0 Å². The van der Waals surface area contributed by atoms with E-state index in [1.807, 2.05) is 26.0 Å². The van der Waals surface area contributed by atoms with Crippen LogP contribution >= 0.6 is 0 Å². The largest absolute Gasteiger partial charge is 0.481 e. The molecule has 2 aromatic rings. The van der Waals surface area contributed by atoms with Crippen molar-refractivity contribution in [3.05, 3.63) is 53.3 Å². The lowest BCUT2D eigenvalue weighted by molar-refractivity contribution is -0.126. The lowest BCUT2D eigenvalue weighted by atomic mass is 10.2. The van der Waals surface area contributed by atoms with Gasteiger partial charge in [0.1, 0.15) is 5.75 Å². The lowest BCUT2D eigenvalue weighted by Crippen LogP contribution is -2.46. The third kappa shape index (κ3) is 5.60. The van der Waals surface area contributed by atoms with Crippen LogP contribution in [-0.4, -0.2) is 34.7 Å². The maximum Gasteiger partial charge on any atom is 0.321 e. The number of hydrogen-bond acceptors (Lipinski definition) is 4. The fraction of sp³-hybridized carbons (Fsp3) is 0.350. The Labute approximate surface area is 164 Å². The number of carbonyl (C=O) groups is 3.